The van der Waals surface area contributed by atoms with Gasteiger partial charge >= 0.3 is 0 Å². The van der Waals surface area contributed by atoms with Crippen LogP contribution in [0.1, 0.15) is 16.0 Å². The van der Waals surface area contributed by atoms with E-state index < -0.39 is 0 Å². The van der Waals surface area contributed by atoms with Crippen molar-refractivity contribution in [3.8, 4) is 22.8 Å². The number of benzene rings is 2. The second-order valence-electron chi connectivity index (χ2n) is 7.61. The number of pyridine rings is 1. The van der Waals surface area contributed by atoms with E-state index in [1.165, 1.54) is 17.0 Å². The summed E-state index contributed by atoms with van der Waals surface area (Å²) in [5.41, 5.74) is 4.05. The average molecular weight is 421 g/mol. The Morgan fingerprint density at radius 2 is 2.10 bits per heavy atom. The molecular weight excluding hydrogens is 399 g/mol. The maximum atomic E-state index is 13.7. The van der Waals surface area contributed by atoms with Crippen molar-refractivity contribution in [3.05, 3.63) is 75.7 Å². The highest BCUT2D eigenvalue weighted by atomic mass is 32.1. The van der Waals surface area contributed by atoms with Crippen LogP contribution in [0.2, 0.25) is 0 Å². The highest BCUT2D eigenvalue weighted by Gasteiger charge is 2.21. The van der Waals surface area contributed by atoms with Crippen molar-refractivity contribution in [1.82, 2.24) is 9.88 Å². The van der Waals surface area contributed by atoms with E-state index in [9.17, 15) is 9.50 Å². The van der Waals surface area contributed by atoms with Crippen LogP contribution in [0.25, 0.3) is 22.2 Å². The molecule has 4 aromatic rings. The molecule has 152 valence electrons. The molecule has 0 atom stereocenters. The molecule has 5 rings (SSSR count). The van der Waals surface area contributed by atoms with Gasteiger partial charge in [-0.2, -0.15) is 0 Å². The van der Waals surface area contributed by atoms with Crippen molar-refractivity contribution >= 4 is 22.2 Å². The van der Waals surface area contributed by atoms with Gasteiger partial charge in [0, 0.05) is 47.1 Å². The lowest BCUT2D eigenvalue weighted by Crippen LogP contribution is -2.24. The van der Waals surface area contributed by atoms with Crippen LogP contribution in [0.4, 0.5) is 4.39 Å². The lowest BCUT2D eigenvalue weighted by molar-refractivity contribution is 0.218. The van der Waals surface area contributed by atoms with Gasteiger partial charge in [0.1, 0.15) is 12.4 Å². The predicted molar refractivity (Wildman–Crippen MR) is 117 cm³/mol. The highest BCUT2D eigenvalue weighted by molar-refractivity contribution is 7.09. The number of rotatable bonds is 3. The second kappa shape index (κ2) is 7.70. The smallest absolute Gasteiger partial charge is 0.165 e. The Hall–Kier alpha value is -2.96. The molecule has 0 unspecified atom stereocenters. The minimum absolute atomic E-state index is 0.110. The molecule has 0 saturated heterocycles. The summed E-state index contributed by atoms with van der Waals surface area (Å²) in [6.07, 6.45) is 0. The molecule has 0 fully saturated rings. The first-order valence-electron chi connectivity index (χ1n) is 9.87. The molecule has 6 heteroatoms. The zero-order valence-electron chi connectivity index (χ0n) is 16.6. The SMILES string of the molecule is Cc1cc(-c2cc(O)c3c(c2)CN(Cc2cccs2)CCO3)nc2cc(F)ccc12. The third-order valence-corrected chi connectivity index (χ3v) is 6.29. The molecular formula is C24H21FN2O2S. The average Bonchev–Trinajstić information content (AvgIpc) is 3.13. The fraction of sp³-hybridized carbons (Fsp3) is 0.208. The standard InChI is InChI=1S/C24H21FN2O2S/c1-15-9-21(26-22-12-18(25)4-5-20(15)22)16-10-17-13-27(14-19-3-2-8-30-19)6-7-29-24(17)23(28)11-16/h2-5,8-12,28H,6-7,13-14H2,1H3. The van der Waals surface area contributed by atoms with Crippen molar-refractivity contribution in [2.45, 2.75) is 20.0 Å². The number of aromatic hydroxyl groups is 1. The Morgan fingerprint density at radius 1 is 1.20 bits per heavy atom. The lowest BCUT2D eigenvalue weighted by Gasteiger charge is -2.18. The normalized spacial score (nSPS) is 14.3. The number of ether oxygens (including phenoxy) is 1. The summed E-state index contributed by atoms with van der Waals surface area (Å²) < 4.78 is 19.6. The lowest BCUT2D eigenvalue weighted by atomic mass is 10.0. The summed E-state index contributed by atoms with van der Waals surface area (Å²) in [6.45, 7) is 4.82. The molecule has 0 amide bonds. The van der Waals surface area contributed by atoms with Gasteiger partial charge in [-0.15, -0.1) is 11.3 Å². The summed E-state index contributed by atoms with van der Waals surface area (Å²) in [7, 11) is 0. The molecule has 1 N–H and O–H groups in total. The van der Waals surface area contributed by atoms with Gasteiger partial charge in [-0.3, -0.25) is 4.90 Å². The zero-order chi connectivity index (χ0) is 20.7. The number of thiophene rings is 1. The first-order valence-corrected chi connectivity index (χ1v) is 10.8. The van der Waals surface area contributed by atoms with Crippen LogP contribution in [0.15, 0.2) is 53.9 Å². The number of halogens is 1. The van der Waals surface area contributed by atoms with Crippen molar-refractivity contribution in [2.24, 2.45) is 0 Å². The summed E-state index contributed by atoms with van der Waals surface area (Å²) in [5.74, 6) is 0.337. The molecule has 2 aromatic heterocycles. The zero-order valence-corrected chi connectivity index (χ0v) is 17.4. The number of aromatic nitrogens is 1. The van der Waals surface area contributed by atoms with E-state index in [0.717, 1.165) is 35.2 Å². The van der Waals surface area contributed by atoms with Gasteiger partial charge in [0.15, 0.2) is 11.5 Å². The molecule has 0 saturated carbocycles. The van der Waals surface area contributed by atoms with Crippen LogP contribution in [0.5, 0.6) is 11.5 Å². The molecule has 1 aliphatic rings. The Balaban J connectivity index is 1.54. The van der Waals surface area contributed by atoms with E-state index in [-0.39, 0.29) is 11.6 Å². The molecule has 1 aliphatic heterocycles. The Labute approximate surface area is 178 Å². The number of nitrogens with zero attached hydrogens (tertiary/aromatic N) is 2. The topological polar surface area (TPSA) is 45.6 Å². The number of phenolic OH excluding ortho intramolecular Hbond substituents is 1. The van der Waals surface area contributed by atoms with Crippen LogP contribution >= 0.6 is 11.3 Å². The first-order chi connectivity index (χ1) is 14.6. The molecule has 0 spiro atoms. The number of hydrogen-bond acceptors (Lipinski definition) is 5. The molecule has 4 nitrogen and oxygen atoms in total. The molecule has 30 heavy (non-hydrogen) atoms. The van der Waals surface area contributed by atoms with Gasteiger partial charge in [-0.05, 0) is 54.3 Å². The number of fused-ring (bicyclic) bond motifs is 2. The third-order valence-electron chi connectivity index (χ3n) is 5.43. The van der Waals surface area contributed by atoms with E-state index in [2.05, 4.69) is 27.4 Å². The Morgan fingerprint density at radius 3 is 2.93 bits per heavy atom. The summed E-state index contributed by atoms with van der Waals surface area (Å²) in [5, 5.41) is 13.7. The number of hydrogen-bond donors (Lipinski definition) is 1. The fourth-order valence-corrected chi connectivity index (χ4v) is 4.73. The van der Waals surface area contributed by atoms with Crippen molar-refractivity contribution < 1.29 is 14.2 Å². The van der Waals surface area contributed by atoms with Crippen LogP contribution in [0, 0.1) is 12.7 Å². The minimum Gasteiger partial charge on any atom is -0.504 e. The van der Waals surface area contributed by atoms with E-state index in [1.807, 2.05) is 19.1 Å². The van der Waals surface area contributed by atoms with Gasteiger partial charge in [-0.1, -0.05) is 6.07 Å². The van der Waals surface area contributed by atoms with Crippen molar-refractivity contribution in [1.29, 1.82) is 0 Å². The molecule has 0 radical (unpaired) electrons. The largest absolute Gasteiger partial charge is 0.504 e. The second-order valence-corrected chi connectivity index (χ2v) is 8.64. The van der Waals surface area contributed by atoms with E-state index in [1.54, 1.807) is 23.5 Å². The first kappa shape index (κ1) is 19.0. The van der Waals surface area contributed by atoms with Crippen LogP contribution < -0.4 is 4.74 Å². The molecule has 0 bridgehead atoms. The summed E-state index contributed by atoms with van der Waals surface area (Å²) >= 11 is 1.74. The molecule has 2 aromatic carbocycles. The van der Waals surface area contributed by atoms with Gasteiger partial charge in [0.2, 0.25) is 0 Å². The van der Waals surface area contributed by atoms with Crippen LogP contribution in [0.3, 0.4) is 0 Å². The Kier molecular flexibility index (Phi) is 4.89. The van der Waals surface area contributed by atoms with Gasteiger partial charge in [0.25, 0.3) is 0 Å². The summed E-state index contributed by atoms with van der Waals surface area (Å²) in [4.78, 5) is 8.27. The van der Waals surface area contributed by atoms with Gasteiger partial charge in [-0.25, -0.2) is 9.37 Å². The van der Waals surface area contributed by atoms with Crippen LogP contribution in [-0.4, -0.2) is 28.1 Å². The molecule has 0 aliphatic carbocycles. The minimum atomic E-state index is -0.311. The third kappa shape index (κ3) is 3.64. The van der Waals surface area contributed by atoms with E-state index >= 15 is 0 Å². The van der Waals surface area contributed by atoms with Gasteiger partial charge < -0.3 is 9.84 Å². The Bertz CT molecular complexity index is 1220. The van der Waals surface area contributed by atoms with E-state index in [4.69, 9.17) is 4.74 Å². The van der Waals surface area contributed by atoms with E-state index in [0.29, 0.717) is 30.1 Å². The monoisotopic (exact) mass is 420 g/mol. The number of aryl methyl sites for hydroxylation is 1. The predicted octanol–water partition coefficient (Wildman–Crippen LogP) is 5.51. The number of phenols is 1. The molecule has 3 heterocycles. The highest BCUT2D eigenvalue weighted by Crippen LogP contribution is 2.38. The summed E-state index contributed by atoms with van der Waals surface area (Å²) in [6, 6.07) is 14.5. The quantitative estimate of drug-likeness (QED) is 0.475. The van der Waals surface area contributed by atoms with Crippen LogP contribution in [-0.2, 0) is 13.1 Å². The maximum absolute atomic E-state index is 13.7. The van der Waals surface area contributed by atoms with Crippen molar-refractivity contribution in [3.63, 3.8) is 0 Å². The fourth-order valence-electron chi connectivity index (χ4n) is 3.98. The van der Waals surface area contributed by atoms with Gasteiger partial charge in [0.05, 0.1) is 11.2 Å². The maximum Gasteiger partial charge on any atom is 0.165 e. The van der Waals surface area contributed by atoms with Crippen molar-refractivity contribution in [2.75, 3.05) is 13.2 Å².